The van der Waals surface area contributed by atoms with Crippen LogP contribution in [0.5, 0.6) is 0 Å². The van der Waals surface area contributed by atoms with Crippen LogP contribution in [0.15, 0.2) is 71.3 Å². The Morgan fingerprint density at radius 1 is 1.04 bits per heavy atom. The zero-order valence-corrected chi connectivity index (χ0v) is 14.4. The molecule has 4 rings (SSSR count). The maximum Gasteiger partial charge on any atom is 0.298 e. The second kappa shape index (κ2) is 6.51. The summed E-state index contributed by atoms with van der Waals surface area (Å²) >= 11 is 0. The average molecular weight is 375 g/mol. The van der Waals surface area contributed by atoms with E-state index in [-0.39, 0.29) is 17.0 Å². The number of hydrogen-bond donors (Lipinski definition) is 1. The number of nitro groups is 1. The van der Waals surface area contributed by atoms with E-state index in [9.17, 15) is 19.7 Å². The van der Waals surface area contributed by atoms with Gasteiger partial charge < -0.3 is 10.2 Å². The molecule has 0 bridgehead atoms. The number of benzene rings is 2. The molecular weight excluding hydrogens is 362 g/mol. The van der Waals surface area contributed by atoms with Gasteiger partial charge in [-0.3, -0.25) is 24.3 Å². The summed E-state index contributed by atoms with van der Waals surface area (Å²) < 4.78 is 6.93. The molecule has 0 radical (unpaired) electrons. The van der Waals surface area contributed by atoms with E-state index in [1.807, 2.05) is 0 Å². The lowest BCUT2D eigenvalue weighted by molar-refractivity contribution is -0.384. The maximum atomic E-state index is 12.9. The fraction of sp³-hybridized carbons (Fsp3) is 0. The van der Waals surface area contributed by atoms with E-state index in [1.54, 1.807) is 36.4 Å². The van der Waals surface area contributed by atoms with Gasteiger partial charge in [0.05, 0.1) is 16.0 Å². The number of amides is 1. The van der Waals surface area contributed by atoms with Crippen molar-refractivity contribution >= 4 is 28.4 Å². The van der Waals surface area contributed by atoms with Crippen molar-refractivity contribution < 1.29 is 18.9 Å². The van der Waals surface area contributed by atoms with Crippen molar-refractivity contribution in [1.82, 2.24) is 4.57 Å². The van der Waals surface area contributed by atoms with E-state index in [0.29, 0.717) is 22.2 Å². The Morgan fingerprint density at radius 2 is 1.82 bits per heavy atom. The van der Waals surface area contributed by atoms with Crippen LogP contribution in [-0.4, -0.2) is 21.3 Å². The lowest BCUT2D eigenvalue weighted by atomic mass is 10.1. The minimum Gasteiger partial charge on any atom is -0.451 e. The monoisotopic (exact) mass is 375 g/mol. The number of nitro benzene ring substituents is 1. The number of carbonyl (C=O) groups is 2. The third-order valence-electron chi connectivity index (χ3n) is 4.35. The van der Waals surface area contributed by atoms with Crippen LogP contribution in [-0.2, 0) is 0 Å². The van der Waals surface area contributed by atoms with Crippen LogP contribution in [0.3, 0.4) is 0 Å². The average Bonchev–Trinajstić information content (AvgIpc) is 3.33. The van der Waals surface area contributed by atoms with Crippen molar-refractivity contribution in [1.29, 1.82) is 0 Å². The van der Waals surface area contributed by atoms with E-state index in [2.05, 4.69) is 0 Å². The largest absolute Gasteiger partial charge is 0.451 e. The van der Waals surface area contributed by atoms with Crippen molar-refractivity contribution in [2.75, 3.05) is 0 Å². The second-order valence-corrected chi connectivity index (χ2v) is 6.07. The van der Waals surface area contributed by atoms with Gasteiger partial charge in [-0.1, -0.05) is 30.3 Å². The molecule has 0 aliphatic carbocycles. The highest BCUT2D eigenvalue weighted by Gasteiger charge is 2.20. The maximum absolute atomic E-state index is 12.9. The number of rotatable bonds is 4. The first-order valence-corrected chi connectivity index (χ1v) is 8.25. The molecule has 2 aromatic heterocycles. The fourth-order valence-corrected chi connectivity index (χ4v) is 3.04. The highest BCUT2D eigenvalue weighted by Crippen LogP contribution is 2.27. The smallest absolute Gasteiger partial charge is 0.298 e. The Morgan fingerprint density at radius 3 is 2.57 bits per heavy atom. The summed E-state index contributed by atoms with van der Waals surface area (Å²) in [4.78, 5) is 35.0. The molecule has 28 heavy (non-hydrogen) atoms. The number of non-ortho nitro benzene ring substituents is 1. The van der Waals surface area contributed by atoms with E-state index in [4.69, 9.17) is 10.2 Å². The number of primary amides is 1. The van der Waals surface area contributed by atoms with Crippen LogP contribution in [0.2, 0.25) is 0 Å². The molecule has 1 amide bonds. The number of nitrogens with two attached hydrogens (primary N) is 1. The van der Waals surface area contributed by atoms with Gasteiger partial charge >= 0.3 is 0 Å². The standard InChI is InChI=1S/C20H13N3O5/c21-19(24)15-11-22(16-7-2-1-6-14(15)16)20(25)18-9-8-17(28-18)12-4-3-5-13(10-12)23(26)27/h1-11H,(H2,21,24). The van der Waals surface area contributed by atoms with Crippen LogP contribution in [0.1, 0.15) is 20.9 Å². The zero-order chi connectivity index (χ0) is 19.8. The Balaban J connectivity index is 1.75. The molecule has 4 aromatic rings. The van der Waals surface area contributed by atoms with Gasteiger partial charge in [0.1, 0.15) is 5.76 Å². The lowest BCUT2D eigenvalue weighted by Gasteiger charge is -2.01. The van der Waals surface area contributed by atoms with Crippen LogP contribution < -0.4 is 5.73 Å². The normalized spacial score (nSPS) is 10.9. The third kappa shape index (κ3) is 2.82. The van der Waals surface area contributed by atoms with Gasteiger partial charge in [-0.05, 0) is 18.2 Å². The van der Waals surface area contributed by atoms with Gasteiger partial charge in [-0.15, -0.1) is 0 Å². The van der Waals surface area contributed by atoms with Crippen molar-refractivity contribution in [2.45, 2.75) is 0 Å². The topological polar surface area (TPSA) is 121 Å². The number of carbonyl (C=O) groups excluding carboxylic acids is 2. The molecule has 0 spiro atoms. The molecule has 0 saturated heterocycles. The predicted octanol–water partition coefficient (Wildman–Crippen LogP) is 3.60. The summed E-state index contributed by atoms with van der Waals surface area (Å²) in [6.45, 7) is 0. The Kier molecular flexibility index (Phi) is 4.00. The SMILES string of the molecule is NC(=O)c1cn(C(=O)c2ccc(-c3cccc([N+](=O)[O-])c3)o2)c2ccccc12. The number of aromatic nitrogens is 1. The van der Waals surface area contributed by atoms with Crippen LogP contribution >= 0.6 is 0 Å². The fourth-order valence-electron chi connectivity index (χ4n) is 3.04. The third-order valence-corrected chi connectivity index (χ3v) is 4.35. The molecule has 0 unspecified atom stereocenters. The molecular formula is C20H13N3O5. The summed E-state index contributed by atoms with van der Waals surface area (Å²) in [5.41, 5.74) is 6.56. The molecule has 0 saturated carbocycles. The quantitative estimate of drug-likeness (QED) is 0.431. The second-order valence-electron chi connectivity index (χ2n) is 6.07. The molecule has 2 N–H and O–H groups in total. The molecule has 8 heteroatoms. The Hall–Kier alpha value is -4.20. The van der Waals surface area contributed by atoms with Crippen molar-refractivity contribution in [3.8, 4) is 11.3 Å². The molecule has 0 fully saturated rings. The Labute approximate surface area is 157 Å². The van der Waals surface area contributed by atoms with Gasteiger partial charge in [-0.2, -0.15) is 0 Å². The number of hydrogen-bond acceptors (Lipinski definition) is 5. The molecule has 2 heterocycles. The minimum atomic E-state index is -0.639. The molecule has 0 aliphatic rings. The van der Waals surface area contributed by atoms with Gasteiger partial charge in [0.15, 0.2) is 5.76 Å². The Bertz CT molecular complexity index is 1250. The molecule has 0 atom stereocenters. The molecule has 138 valence electrons. The molecule has 2 aromatic carbocycles. The zero-order valence-electron chi connectivity index (χ0n) is 14.4. The van der Waals surface area contributed by atoms with Crippen LogP contribution in [0.25, 0.3) is 22.2 Å². The number of furan rings is 1. The summed E-state index contributed by atoms with van der Waals surface area (Å²) in [7, 11) is 0. The number of fused-ring (bicyclic) bond motifs is 1. The van der Waals surface area contributed by atoms with E-state index < -0.39 is 16.7 Å². The highest BCUT2D eigenvalue weighted by molar-refractivity contribution is 6.10. The lowest BCUT2D eigenvalue weighted by Crippen LogP contribution is -2.12. The number of para-hydroxylation sites is 1. The highest BCUT2D eigenvalue weighted by atomic mass is 16.6. The summed E-state index contributed by atoms with van der Waals surface area (Å²) in [5, 5.41) is 11.5. The summed E-state index contributed by atoms with van der Waals surface area (Å²) in [6, 6.07) is 15.9. The first-order valence-electron chi connectivity index (χ1n) is 8.25. The van der Waals surface area contributed by atoms with Crippen LogP contribution in [0.4, 0.5) is 5.69 Å². The first-order chi connectivity index (χ1) is 13.5. The van der Waals surface area contributed by atoms with Crippen LogP contribution in [0, 0.1) is 10.1 Å². The van der Waals surface area contributed by atoms with E-state index >= 15 is 0 Å². The van der Waals surface area contributed by atoms with Crippen molar-refractivity contribution in [2.24, 2.45) is 5.73 Å². The van der Waals surface area contributed by atoms with Crippen molar-refractivity contribution in [3.05, 3.63) is 88.3 Å². The van der Waals surface area contributed by atoms with Gasteiger partial charge in [0.25, 0.3) is 17.5 Å². The molecule has 8 nitrogen and oxygen atoms in total. The van der Waals surface area contributed by atoms with E-state index in [1.165, 1.54) is 35.0 Å². The summed E-state index contributed by atoms with van der Waals surface area (Å²) in [5.74, 6) is -0.781. The van der Waals surface area contributed by atoms with Crippen molar-refractivity contribution in [3.63, 3.8) is 0 Å². The van der Waals surface area contributed by atoms with Gasteiger partial charge in [0.2, 0.25) is 0 Å². The number of nitrogens with zero attached hydrogens (tertiary/aromatic N) is 2. The molecule has 0 aliphatic heterocycles. The summed E-state index contributed by atoms with van der Waals surface area (Å²) in [6.07, 6.45) is 1.38. The van der Waals surface area contributed by atoms with Gasteiger partial charge in [0, 0.05) is 29.3 Å². The minimum absolute atomic E-state index is 0.0262. The van der Waals surface area contributed by atoms with Gasteiger partial charge in [-0.25, -0.2) is 0 Å². The van der Waals surface area contributed by atoms with E-state index in [0.717, 1.165) is 0 Å². The first kappa shape index (κ1) is 17.2. The predicted molar refractivity (Wildman–Crippen MR) is 101 cm³/mol.